The third-order valence-electron chi connectivity index (χ3n) is 4.96. The van der Waals surface area contributed by atoms with Crippen molar-refractivity contribution in [2.45, 2.75) is 45.6 Å². The van der Waals surface area contributed by atoms with Crippen molar-refractivity contribution >= 4 is 17.5 Å². The normalized spacial score (nSPS) is 12.7. The minimum Gasteiger partial charge on any atom is -0.481 e. The summed E-state index contributed by atoms with van der Waals surface area (Å²) in [4.78, 5) is 24.7. The molecule has 0 aliphatic heterocycles. The Hall–Kier alpha value is -2.86. The van der Waals surface area contributed by atoms with Crippen LogP contribution >= 0.6 is 0 Å². The molecular formula is C24H32N2O4. The zero-order chi connectivity index (χ0) is 21.9. The Morgan fingerprint density at radius 1 is 1.03 bits per heavy atom. The molecule has 2 N–H and O–H groups in total. The number of ether oxygens (including phenoxy) is 2. The first-order chi connectivity index (χ1) is 14.5. The van der Waals surface area contributed by atoms with E-state index in [0.717, 1.165) is 24.2 Å². The number of nitrogens with one attached hydrogen (secondary N) is 2. The summed E-state index contributed by atoms with van der Waals surface area (Å²) in [6.45, 7) is 7.15. The maximum atomic E-state index is 12.6. The molecule has 30 heavy (non-hydrogen) atoms. The third kappa shape index (κ3) is 6.88. The first-order valence-electron chi connectivity index (χ1n) is 10.4. The second kappa shape index (κ2) is 12.0. The van der Waals surface area contributed by atoms with Gasteiger partial charge in [0.05, 0.1) is 0 Å². The van der Waals surface area contributed by atoms with Crippen LogP contribution in [0.3, 0.4) is 0 Å². The van der Waals surface area contributed by atoms with Crippen LogP contribution in [0.2, 0.25) is 0 Å². The van der Waals surface area contributed by atoms with Crippen LogP contribution in [0, 0.1) is 0 Å². The van der Waals surface area contributed by atoms with Gasteiger partial charge in [0.1, 0.15) is 5.75 Å². The first-order valence-corrected chi connectivity index (χ1v) is 10.4. The number of anilines is 1. The van der Waals surface area contributed by atoms with E-state index in [0.29, 0.717) is 30.3 Å². The molecule has 0 aromatic heterocycles. The maximum Gasteiger partial charge on any atom is 0.265 e. The Balaban J connectivity index is 1.92. The van der Waals surface area contributed by atoms with Crippen LogP contribution in [0.15, 0.2) is 48.5 Å². The molecule has 0 bridgehead atoms. The summed E-state index contributed by atoms with van der Waals surface area (Å²) in [5, 5.41) is 5.67. The molecule has 2 unspecified atom stereocenters. The van der Waals surface area contributed by atoms with Gasteiger partial charge in [0.25, 0.3) is 11.8 Å². The summed E-state index contributed by atoms with van der Waals surface area (Å²) in [5.74, 6) is 0.688. The average molecular weight is 413 g/mol. The lowest BCUT2D eigenvalue weighted by molar-refractivity contribution is -0.122. The summed E-state index contributed by atoms with van der Waals surface area (Å²) in [6.07, 6.45) is 1.10. The molecular weight excluding hydrogens is 380 g/mol. The van der Waals surface area contributed by atoms with Gasteiger partial charge in [0.15, 0.2) is 6.10 Å². The number of carbonyl (C=O) groups is 2. The highest BCUT2D eigenvalue weighted by Crippen LogP contribution is 2.29. The van der Waals surface area contributed by atoms with Gasteiger partial charge in [-0.3, -0.25) is 9.59 Å². The lowest BCUT2D eigenvalue weighted by atomic mass is 9.98. The van der Waals surface area contributed by atoms with Crippen molar-refractivity contribution in [3.05, 3.63) is 59.7 Å². The van der Waals surface area contributed by atoms with Gasteiger partial charge in [-0.05, 0) is 61.6 Å². The van der Waals surface area contributed by atoms with E-state index in [9.17, 15) is 9.59 Å². The molecule has 2 amide bonds. The standard InChI is InChI=1S/C24H32N2O4/c1-5-17(2)21-9-6-7-10-22(21)30-18(3)23(27)26-20-13-11-19(12-14-20)24(28)25-15-8-16-29-4/h6-7,9-14,17-18H,5,8,15-16H2,1-4H3,(H,25,28)(H,26,27). The number of hydrogen-bond acceptors (Lipinski definition) is 4. The molecule has 0 radical (unpaired) electrons. The number of amides is 2. The molecule has 2 atom stereocenters. The predicted octanol–water partition coefficient (Wildman–Crippen LogP) is 4.37. The van der Waals surface area contributed by atoms with Gasteiger partial charge in [0, 0.05) is 31.5 Å². The van der Waals surface area contributed by atoms with E-state index in [2.05, 4.69) is 24.5 Å². The largest absolute Gasteiger partial charge is 0.481 e. The summed E-state index contributed by atoms with van der Waals surface area (Å²) >= 11 is 0. The van der Waals surface area contributed by atoms with E-state index in [-0.39, 0.29) is 11.8 Å². The molecule has 0 saturated heterocycles. The van der Waals surface area contributed by atoms with Crippen LogP contribution in [0.4, 0.5) is 5.69 Å². The van der Waals surface area contributed by atoms with Crippen molar-refractivity contribution in [3.63, 3.8) is 0 Å². The van der Waals surface area contributed by atoms with E-state index in [1.807, 2.05) is 24.3 Å². The summed E-state index contributed by atoms with van der Waals surface area (Å²) in [7, 11) is 1.63. The Morgan fingerprint density at radius 2 is 1.73 bits per heavy atom. The van der Waals surface area contributed by atoms with E-state index >= 15 is 0 Å². The van der Waals surface area contributed by atoms with E-state index in [1.165, 1.54) is 0 Å². The zero-order valence-electron chi connectivity index (χ0n) is 18.2. The minimum atomic E-state index is -0.654. The van der Waals surface area contributed by atoms with Gasteiger partial charge in [-0.15, -0.1) is 0 Å². The molecule has 2 aromatic carbocycles. The monoisotopic (exact) mass is 412 g/mol. The summed E-state index contributed by atoms with van der Waals surface area (Å²) in [6, 6.07) is 14.6. The highest BCUT2D eigenvalue weighted by Gasteiger charge is 2.18. The van der Waals surface area contributed by atoms with E-state index < -0.39 is 6.10 Å². The quantitative estimate of drug-likeness (QED) is 0.537. The summed E-state index contributed by atoms with van der Waals surface area (Å²) in [5.41, 5.74) is 2.25. The van der Waals surface area contributed by atoms with Gasteiger partial charge in [-0.2, -0.15) is 0 Å². The number of rotatable bonds is 11. The molecule has 6 heteroatoms. The topological polar surface area (TPSA) is 76.7 Å². The number of benzene rings is 2. The fourth-order valence-corrected chi connectivity index (χ4v) is 2.93. The molecule has 2 rings (SSSR count). The van der Waals surface area contributed by atoms with Crippen LogP contribution in [0.25, 0.3) is 0 Å². The van der Waals surface area contributed by atoms with Gasteiger partial charge >= 0.3 is 0 Å². The number of para-hydroxylation sites is 1. The minimum absolute atomic E-state index is 0.151. The molecule has 0 saturated carbocycles. The Morgan fingerprint density at radius 3 is 2.40 bits per heavy atom. The molecule has 0 fully saturated rings. The van der Waals surface area contributed by atoms with E-state index in [4.69, 9.17) is 9.47 Å². The molecule has 0 spiro atoms. The van der Waals surface area contributed by atoms with E-state index in [1.54, 1.807) is 38.3 Å². The molecule has 0 aliphatic carbocycles. The van der Waals surface area contributed by atoms with Crippen molar-refractivity contribution < 1.29 is 19.1 Å². The second-order valence-corrected chi connectivity index (χ2v) is 7.28. The number of carbonyl (C=O) groups excluding carboxylic acids is 2. The number of hydrogen-bond donors (Lipinski definition) is 2. The van der Waals surface area contributed by atoms with Gasteiger partial charge < -0.3 is 20.1 Å². The van der Waals surface area contributed by atoms with Crippen LogP contribution < -0.4 is 15.4 Å². The zero-order valence-corrected chi connectivity index (χ0v) is 18.2. The van der Waals surface area contributed by atoms with Crippen molar-refractivity contribution in [2.24, 2.45) is 0 Å². The lowest BCUT2D eigenvalue weighted by Gasteiger charge is -2.19. The molecule has 2 aromatic rings. The average Bonchev–Trinajstić information content (AvgIpc) is 2.76. The van der Waals surface area contributed by atoms with Crippen molar-refractivity contribution in [2.75, 3.05) is 25.6 Å². The van der Waals surface area contributed by atoms with Crippen molar-refractivity contribution in [3.8, 4) is 5.75 Å². The highest BCUT2D eigenvalue weighted by atomic mass is 16.5. The fraction of sp³-hybridized carbons (Fsp3) is 0.417. The second-order valence-electron chi connectivity index (χ2n) is 7.28. The maximum absolute atomic E-state index is 12.6. The third-order valence-corrected chi connectivity index (χ3v) is 4.96. The van der Waals surface area contributed by atoms with Crippen molar-refractivity contribution in [1.29, 1.82) is 0 Å². The first kappa shape index (κ1) is 23.4. The highest BCUT2D eigenvalue weighted by molar-refractivity contribution is 5.96. The van der Waals surface area contributed by atoms with Crippen LogP contribution in [0.1, 0.15) is 55.5 Å². The SMILES string of the molecule is CCC(C)c1ccccc1OC(C)C(=O)Nc1ccc(C(=O)NCCCOC)cc1. The summed E-state index contributed by atoms with van der Waals surface area (Å²) < 4.78 is 10.9. The molecule has 0 aliphatic rings. The van der Waals surface area contributed by atoms with Crippen LogP contribution in [0.5, 0.6) is 5.75 Å². The smallest absolute Gasteiger partial charge is 0.265 e. The van der Waals surface area contributed by atoms with Gasteiger partial charge in [0.2, 0.25) is 0 Å². The van der Waals surface area contributed by atoms with Gasteiger partial charge in [-0.1, -0.05) is 32.0 Å². The van der Waals surface area contributed by atoms with Crippen molar-refractivity contribution in [1.82, 2.24) is 5.32 Å². The molecule has 162 valence electrons. The molecule has 6 nitrogen and oxygen atoms in total. The Kier molecular flexibility index (Phi) is 9.35. The lowest BCUT2D eigenvalue weighted by Crippen LogP contribution is -2.30. The van der Waals surface area contributed by atoms with Crippen LogP contribution in [-0.2, 0) is 9.53 Å². The Labute approximate surface area is 179 Å². The fourth-order valence-electron chi connectivity index (χ4n) is 2.93. The Bertz CT molecular complexity index is 820. The number of methoxy groups -OCH3 is 1. The van der Waals surface area contributed by atoms with Gasteiger partial charge in [-0.25, -0.2) is 0 Å². The predicted molar refractivity (Wildman–Crippen MR) is 119 cm³/mol. The molecule has 0 heterocycles. The van der Waals surface area contributed by atoms with Crippen LogP contribution in [-0.4, -0.2) is 38.2 Å².